The second-order valence-electron chi connectivity index (χ2n) is 8.19. The van der Waals surface area contributed by atoms with E-state index in [4.69, 9.17) is 14.6 Å². The van der Waals surface area contributed by atoms with Gasteiger partial charge in [-0.05, 0) is 37.5 Å². The van der Waals surface area contributed by atoms with Crippen LogP contribution in [0.3, 0.4) is 0 Å². The van der Waals surface area contributed by atoms with Crippen LogP contribution >= 0.6 is 0 Å². The number of hydrogen-bond donors (Lipinski definition) is 4. The van der Waals surface area contributed by atoms with Crippen LogP contribution in [0, 0.1) is 0 Å². The zero-order valence-electron chi connectivity index (χ0n) is 16.3. The van der Waals surface area contributed by atoms with Crippen molar-refractivity contribution in [2.75, 3.05) is 11.9 Å². The van der Waals surface area contributed by atoms with Crippen molar-refractivity contribution in [3.63, 3.8) is 0 Å². The number of benzene rings is 1. The van der Waals surface area contributed by atoms with Crippen LogP contribution in [0.2, 0.25) is 0 Å². The highest BCUT2D eigenvalue weighted by molar-refractivity contribution is 5.89. The van der Waals surface area contributed by atoms with Crippen molar-refractivity contribution in [1.29, 1.82) is 0 Å². The SMILES string of the molecule is O=C(O)C[C@@H]1C[C@@H]2c3cc(NC(=O)NC4CCCCC4)ccc3O[C@@H]2[C@H](CO)O1. The van der Waals surface area contributed by atoms with Gasteiger partial charge < -0.3 is 30.3 Å². The molecule has 0 aromatic heterocycles. The first kappa shape index (κ1) is 20.0. The highest BCUT2D eigenvalue weighted by Gasteiger charge is 2.46. The molecule has 8 heteroatoms. The maximum Gasteiger partial charge on any atom is 0.319 e. The normalized spacial score (nSPS) is 28.7. The van der Waals surface area contributed by atoms with Crippen molar-refractivity contribution in [3.05, 3.63) is 23.8 Å². The molecule has 4 atom stereocenters. The lowest BCUT2D eigenvalue weighted by Gasteiger charge is -2.36. The third-order valence-electron chi connectivity index (χ3n) is 6.10. The van der Waals surface area contributed by atoms with E-state index >= 15 is 0 Å². The summed E-state index contributed by atoms with van der Waals surface area (Å²) in [4.78, 5) is 23.5. The largest absolute Gasteiger partial charge is 0.487 e. The minimum atomic E-state index is -0.931. The molecule has 4 rings (SSSR count). The summed E-state index contributed by atoms with van der Waals surface area (Å²) in [5.41, 5.74) is 1.59. The van der Waals surface area contributed by atoms with Gasteiger partial charge in [0.25, 0.3) is 0 Å². The summed E-state index contributed by atoms with van der Waals surface area (Å²) in [5, 5.41) is 24.7. The number of carboxylic acids is 1. The number of aliphatic carboxylic acids is 1. The van der Waals surface area contributed by atoms with Gasteiger partial charge in [0.2, 0.25) is 0 Å². The monoisotopic (exact) mass is 404 g/mol. The van der Waals surface area contributed by atoms with Crippen LogP contribution in [0.1, 0.15) is 56.4 Å². The average Bonchev–Trinajstić information content (AvgIpc) is 3.05. The van der Waals surface area contributed by atoms with Gasteiger partial charge in [-0.2, -0.15) is 0 Å². The van der Waals surface area contributed by atoms with Crippen LogP contribution < -0.4 is 15.4 Å². The van der Waals surface area contributed by atoms with Crippen LogP contribution in [-0.2, 0) is 9.53 Å². The third kappa shape index (κ3) is 4.48. The number of aliphatic hydroxyl groups excluding tert-OH is 1. The van der Waals surface area contributed by atoms with E-state index in [0.717, 1.165) is 31.2 Å². The number of urea groups is 1. The Morgan fingerprint density at radius 1 is 1.17 bits per heavy atom. The average molecular weight is 404 g/mol. The number of carbonyl (C=O) groups is 2. The first-order chi connectivity index (χ1) is 14.0. The van der Waals surface area contributed by atoms with Crippen LogP contribution in [0.5, 0.6) is 5.75 Å². The number of fused-ring (bicyclic) bond motifs is 3. The van der Waals surface area contributed by atoms with Gasteiger partial charge in [0.15, 0.2) is 0 Å². The topological polar surface area (TPSA) is 117 Å². The fourth-order valence-corrected chi connectivity index (χ4v) is 4.76. The fraction of sp³-hybridized carbons (Fsp3) is 0.619. The number of anilines is 1. The quantitative estimate of drug-likeness (QED) is 0.599. The number of carboxylic acid groups (broad SMARTS) is 1. The van der Waals surface area contributed by atoms with Gasteiger partial charge in [0.1, 0.15) is 18.0 Å². The molecule has 0 spiro atoms. The maximum atomic E-state index is 12.4. The van der Waals surface area contributed by atoms with Gasteiger partial charge in [0.05, 0.1) is 19.1 Å². The molecule has 158 valence electrons. The Balaban J connectivity index is 1.46. The lowest BCUT2D eigenvalue weighted by atomic mass is 9.84. The second kappa shape index (κ2) is 8.59. The van der Waals surface area contributed by atoms with Crippen molar-refractivity contribution in [2.24, 2.45) is 0 Å². The third-order valence-corrected chi connectivity index (χ3v) is 6.10. The molecular weight excluding hydrogens is 376 g/mol. The van der Waals surface area contributed by atoms with Gasteiger partial charge in [-0.15, -0.1) is 0 Å². The Bertz CT molecular complexity index is 764. The zero-order valence-corrected chi connectivity index (χ0v) is 16.3. The van der Waals surface area contributed by atoms with Crippen molar-refractivity contribution < 1.29 is 29.3 Å². The lowest BCUT2D eigenvalue weighted by molar-refractivity contribution is -0.153. The molecule has 4 N–H and O–H groups in total. The number of rotatable bonds is 5. The molecule has 2 heterocycles. The summed E-state index contributed by atoms with van der Waals surface area (Å²) in [7, 11) is 0. The van der Waals surface area contributed by atoms with E-state index in [-0.39, 0.29) is 37.1 Å². The molecule has 2 fully saturated rings. The fourth-order valence-electron chi connectivity index (χ4n) is 4.76. The van der Waals surface area contributed by atoms with E-state index in [1.54, 1.807) is 6.07 Å². The molecule has 0 unspecified atom stereocenters. The number of hydrogen-bond acceptors (Lipinski definition) is 5. The Labute approximate surface area is 169 Å². The molecule has 1 saturated carbocycles. The van der Waals surface area contributed by atoms with Crippen molar-refractivity contribution in [1.82, 2.24) is 5.32 Å². The standard InChI is InChI=1S/C21H28N2O6/c24-11-18-20-16(9-14(28-18)10-19(25)26)15-8-13(6-7-17(15)29-20)23-21(27)22-12-4-2-1-3-5-12/h6-8,12,14,16,18,20,24H,1-5,9-11H2,(H,25,26)(H2,22,23,27)/t14-,16+,18-,20-/m0/s1. The van der Waals surface area contributed by atoms with Crippen LogP contribution in [0.25, 0.3) is 0 Å². The smallest absolute Gasteiger partial charge is 0.319 e. The molecule has 1 aromatic carbocycles. The summed E-state index contributed by atoms with van der Waals surface area (Å²) in [6, 6.07) is 5.50. The summed E-state index contributed by atoms with van der Waals surface area (Å²) in [6.07, 6.45) is 4.54. The van der Waals surface area contributed by atoms with Gasteiger partial charge >= 0.3 is 12.0 Å². The lowest BCUT2D eigenvalue weighted by Crippen LogP contribution is -2.46. The van der Waals surface area contributed by atoms with Crippen LogP contribution in [0.15, 0.2) is 18.2 Å². The predicted molar refractivity (Wildman–Crippen MR) is 105 cm³/mol. The second-order valence-corrected chi connectivity index (χ2v) is 8.19. The van der Waals surface area contributed by atoms with Gasteiger partial charge in [-0.25, -0.2) is 4.79 Å². The van der Waals surface area contributed by atoms with E-state index in [1.807, 2.05) is 12.1 Å². The Morgan fingerprint density at radius 3 is 2.69 bits per heavy atom. The maximum absolute atomic E-state index is 12.4. The highest BCUT2D eigenvalue weighted by Crippen LogP contribution is 2.47. The highest BCUT2D eigenvalue weighted by atomic mass is 16.6. The number of amides is 2. The Morgan fingerprint density at radius 2 is 1.97 bits per heavy atom. The van der Waals surface area contributed by atoms with Gasteiger partial charge in [-0.3, -0.25) is 4.79 Å². The molecule has 0 radical (unpaired) electrons. The van der Waals surface area contributed by atoms with Crippen molar-refractivity contribution in [2.45, 2.75) is 75.2 Å². The van der Waals surface area contributed by atoms with Gasteiger partial charge in [-0.1, -0.05) is 19.3 Å². The first-order valence-electron chi connectivity index (χ1n) is 10.4. The van der Waals surface area contributed by atoms with E-state index in [1.165, 1.54) is 6.42 Å². The van der Waals surface area contributed by atoms with E-state index in [0.29, 0.717) is 17.9 Å². The molecule has 2 aliphatic heterocycles. The number of aliphatic hydroxyl groups is 1. The molecule has 3 aliphatic rings. The van der Waals surface area contributed by atoms with Crippen molar-refractivity contribution in [3.8, 4) is 5.75 Å². The summed E-state index contributed by atoms with van der Waals surface area (Å²) >= 11 is 0. The van der Waals surface area contributed by atoms with E-state index < -0.39 is 18.2 Å². The molecule has 29 heavy (non-hydrogen) atoms. The molecule has 8 nitrogen and oxygen atoms in total. The van der Waals surface area contributed by atoms with Crippen LogP contribution in [0.4, 0.5) is 10.5 Å². The van der Waals surface area contributed by atoms with Crippen molar-refractivity contribution >= 4 is 17.7 Å². The Hall–Kier alpha value is -2.32. The number of carbonyl (C=O) groups excluding carboxylic acids is 1. The molecule has 1 saturated heterocycles. The Kier molecular flexibility index (Phi) is 5.91. The minimum absolute atomic E-state index is 0.0802. The van der Waals surface area contributed by atoms with E-state index in [9.17, 15) is 14.7 Å². The zero-order chi connectivity index (χ0) is 20.4. The summed E-state index contributed by atoms with van der Waals surface area (Å²) in [6.45, 7) is -0.236. The predicted octanol–water partition coefficient (Wildman–Crippen LogP) is 2.61. The molecule has 1 aromatic rings. The molecule has 1 aliphatic carbocycles. The number of ether oxygens (including phenoxy) is 2. The first-order valence-corrected chi connectivity index (χ1v) is 10.4. The van der Waals surface area contributed by atoms with E-state index in [2.05, 4.69) is 10.6 Å². The minimum Gasteiger partial charge on any atom is -0.487 e. The molecular formula is C21H28N2O6. The van der Waals surface area contributed by atoms with Crippen LogP contribution in [-0.4, -0.2) is 53.2 Å². The molecule has 2 amide bonds. The summed E-state index contributed by atoms with van der Waals surface area (Å²) in [5.74, 6) is -0.321. The van der Waals surface area contributed by atoms with Gasteiger partial charge in [0, 0.05) is 23.2 Å². The number of nitrogens with one attached hydrogen (secondary N) is 2. The summed E-state index contributed by atoms with van der Waals surface area (Å²) < 4.78 is 11.7. The molecule has 0 bridgehead atoms.